The van der Waals surface area contributed by atoms with Gasteiger partial charge in [0.25, 0.3) is 0 Å². The first-order valence-corrected chi connectivity index (χ1v) is 12.1. The lowest BCUT2D eigenvalue weighted by atomic mass is 10.1. The third kappa shape index (κ3) is 3.98. The summed E-state index contributed by atoms with van der Waals surface area (Å²) >= 11 is 0. The van der Waals surface area contributed by atoms with Crippen molar-refractivity contribution in [1.82, 2.24) is 8.87 Å². The van der Waals surface area contributed by atoms with E-state index >= 15 is 0 Å². The summed E-state index contributed by atoms with van der Waals surface area (Å²) in [6, 6.07) is 10.2. The first kappa shape index (κ1) is 22.3. The molecule has 1 fully saturated rings. The highest BCUT2D eigenvalue weighted by molar-refractivity contribution is 7.89. The van der Waals surface area contributed by atoms with Gasteiger partial charge in [-0.1, -0.05) is 12.1 Å². The lowest BCUT2D eigenvalue weighted by Crippen LogP contribution is -2.29. The molecule has 4 rings (SSSR count). The van der Waals surface area contributed by atoms with Gasteiger partial charge in [-0.3, -0.25) is 9.36 Å². The molecule has 170 valence electrons. The number of rotatable bonds is 6. The number of benzene rings is 2. The van der Waals surface area contributed by atoms with Crippen LogP contribution in [-0.4, -0.2) is 43.3 Å². The molecule has 0 spiro atoms. The third-order valence-corrected chi connectivity index (χ3v) is 8.10. The van der Waals surface area contributed by atoms with Crippen molar-refractivity contribution >= 4 is 32.7 Å². The number of nitrogens with zero attached hydrogens (tertiary/aromatic N) is 3. The third-order valence-electron chi connectivity index (χ3n) is 6.20. The Kier molecular flexibility index (Phi) is 5.96. The SMILES string of the molecule is Cc1cccc(N(C)C(=O)CCn2c(=O)oc3cc(S(=O)(=O)N4CCCC4)ccc32)c1C. The van der Waals surface area contributed by atoms with Crippen molar-refractivity contribution < 1.29 is 17.6 Å². The zero-order valence-corrected chi connectivity index (χ0v) is 19.3. The first-order chi connectivity index (χ1) is 15.2. The minimum absolute atomic E-state index is 0.103. The highest BCUT2D eigenvalue weighted by Gasteiger charge is 2.28. The van der Waals surface area contributed by atoms with Gasteiger partial charge in [-0.25, -0.2) is 13.2 Å². The number of hydrogen-bond acceptors (Lipinski definition) is 5. The summed E-state index contributed by atoms with van der Waals surface area (Å²) in [6.07, 6.45) is 1.79. The molecule has 1 aliphatic rings. The molecule has 8 nitrogen and oxygen atoms in total. The molecule has 0 N–H and O–H groups in total. The molecule has 1 aliphatic heterocycles. The molecule has 1 amide bonds. The second-order valence-corrected chi connectivity index (χ2v) is 10.1. The number of oxazole rings is 1. The fraction of sp³-hybridized carbons (Fsp3) is 0.391. The molecule has 1 saturated heterocycles. The normalized spacial score (nSPS) is 14.8. The van der Waals surface area contributed by atoms with E-state index in [1.165, 1.54) is 21.0 Å². The number of sulfonamides is 1. The van der Waals surface area contributed by atoms with Crippen molar-refractivity contribution in [1.29, 1.82) is 0 Å². The average Bonchev–Trinajstić information content (AvgIpc) is 3.41. The number of fused-ring (bicyclic) bond motifs is 1. The standard InChI is InChI=1S/C23H27N3O5S/c1-16-7-6-8-19(17(16)2)24(3)22(27)11-14-26-20-10-9-18(15-21(20)31-23(26)28)32(29,30)25-12-4-5-13-25/h6-10,15H,4-5,11-14H2,1-3H3. The molecule has 0 atom stereocenters. The molecular formula is C23H27N3O5S. The van der Waals surface area contributed by atoms with Crippen LogP contribution in [0.25, 0.3) is 11.1 Å². The van der Waals surface area contributed by atoms with Gasteiger partial charge in [0.15, 0.2) is 5.58 Å². The van der Waals surface area contributed by atoms with Crippen LogP contribution in [0.5, 0.6) is 0 Å². The maximum atomic E-state index is 12.8. The number of aryl methyl sites for hydroxylation is 2. The zero-order chi connectivity index (χ0) is 23.0. The van der Waals surface area contributed by atoms with E-state index in [9.17, 15) is 18.0 Å². The number of amides is 1. The second-order valence-electron chi connectivity index (χ2n) is 8.18. The van der Waals surface area contributed by atoms with E-state index in [2.05, 4.69) is 0 Å². The summed E-state index contributed by atoms with van der Waals surface area (Å²) in [5.74, 6) is -0.744. The Bertz CT molecular complexity index is 1330. The average molecular weight is 458 g/mol. The smallest absolute Gasteiger partial charge is 0.408 e. The monoisotopic (exact) mass is 457 g/mol. The lowest BCUT2D eigenvalue weighted by molar-refractivity contribution is -0.118. The summed E-state index contributed by atoms with van der Waals surface area (Å²) in [5, 5.41) is 0. The molecule has 0 unspecified atom stereocenters. The number of carbonyl (C=O) groups excluding carboxylic acids is 1. The molecule has 0 aliphatic carbocycles. The summed E-state index contributed by atoms with van der Waals surface area (Å²) in [6.45, 7) is 5.10. The zero-order valence-electron chi connectivity index (χ0n) is 18.5. The molecule has 0 saturated carbocycles. The molecule has 2 heterocycles. The van der Waals surface area contributed by atoms with Crippen molar-refractivity contribution in [3.05, 3.63) is 58.1 Å². The van der Waals surface area contributed by atoms with Gasteiger partial charge in [0, 0.05) is 44.9 Å². The van der Waals surface area contributed by atoms with Crippen LogP contribution in [0.1, 0.15) is 30.4 Å². The van der Waals surface area contributed by atoms with E-state index in [-0.39, 0.29) is 29.4 Å². The molecule has 3 aromatic rings. The van der Waals surface area contributed by atoms with Gasteiger partial charge < -0.3 is 9.32 Å². The number of anilines is 1. The number of aromatic nitrogens is 1. The molecular weight excluding hydrogens is 430 g/mol. The fourth-order valence-corrected chi connectivity index (χ4v) is 5.64. The van der Waals surface area contributed by atoms with Crippen LogP contribution in [0.3, 0.4) is 0 Å². The van der Waals surface area contributed by atoms with E-state index < -0.39 is 15.8 Å². The van der Waals surface area contributed by atoms with Crippen LogP contribution in [0, 0.1) is 13.8 Å². The molecule has 9 heteroatoms. The molecule has 1 aromatic heterocycles. The van der Waals surface area contributed by atoms with Gasteiger partial charge in [0.05, 0.1) is 10.4 Å². The van der Waals surface area contributed by atoms with E-state index in [1.807, 2.05) is 32.0 Å². The van der Waals surface area contributed by atoms with Crippen molar-refractivity contribution in [2.75, 3.05) is 25.0 Å². The van der Waals surface area contributed by atoms with Crippen LogP contribution in [0.15, 0.2) is 50.5 Å². The maximum absolute atomic E-state index is 12.8. The largest absolute Gasteiger partial charge is 0.419 e. The summed E-state index contributed by atoms with van der Waals surface area (Å²) in [5.41, 5.74) is 3.62. The second kappa shape index (κ2) is 8.55. The first-order valence-electron chi connectivity index (χ1n) is 10.7. The van der Waals surface area contributed by atoms with Crippen LogP contribution >= 0.6 is 0 Å². The van der Waals surface area contributed by atoms with Crippen molar-refractivity contribution in [3.63, 3.8) is 0 Å². The summed E-state index contributed by atoms with van der Waals surface area (Å²) in [4.78, 5) is 26.9. The van der Waals surface area contributed by atoms with E-state index in [4.69, 9.17) is 4.42 Å². The Labute approximate surface area is 187 Å². The van der Waals surface area contributed by atoms with E-state index in [0.29, 0.717) is 18.6 Å². The van der Waals surface area contributed by atoms with Crippen molar-refractivity contribution in [3.8, 4) is 0 Å². The van der Waals surface area contributed by atoms with Crippen LogP contribution < -0.4 is 10.7 Å². The Balaban J connectivity index is 1.55. The highest BCUT2D eigenvalue weighted by Crippen LogP contribution is 2.25. The molecule has 0 bridgehead atoms. The quantitative estimate of drug-likeness (QED) is 0.567. The number of carbonyl (C=O) groups is 1. The Morgan fingerprint density at radius 3 is 2.56 bits per heavy atom. The molecule has 2 aromatic carbocycles. The minimum atomic E-state index is -3.61. The Hall–Kier alpha value is -2.91. The minimum Gasteiger partial charge on any atom is -0.408 e. The maximum Gasteiger partial charge on any atom is 0.419 e. The Morgan fingerprint density at radius 1 is 1.12 bits per heavy atom. The number of hydrogen-bond donors (Lipinski definition) is 0. The van der Waals surface area contributed by atoms with E-state index in [0.717, 1.165) is 29.7 Å². The fourth-order valence-electron chi connectivity index (χ4n) is 4.10. The van der Waals surface area contributed by atoms with E-state index in [1.54, 1.807) is 18.0 Å². The predicted octanol–water partition coefficient (Wildman–Crippen LogP) is 3.05. The molecule has 0 radical (unpaired) electrons. The van der Waals surface area contributed by atoms with Gasteiger partial charge >= 0.3 is 5.76 Å². The van der Waals surface area contributed by atoms with Crippen molar-refractivity contribution in [2.24, 2.45) is 0 Å². The van der Waals surface area contributed by atoms with Gasteiger partial charge in [0.2, 0.25) is 15.9 Å². The topological polar surface area (TPSA) is 92.8 Å². The lowest BCUT2D eigenvalue weighted by Gasteiger charge is -2.20. The highest BCUT2D eigenvalue weighted by atomic mass is 32.2. The predicted molar refractivity (Wildman–Crippen MR) is 122 cm³/mol. The van der Waals surface area contributed by atoms with Crippen LogP contribution in [0.2, 0.25) is 0 Å². The van der Waals surface area contributed by atoms with Crippen LogP contribution in [0.4, 0.5) is 5.69 Å². The summed E-state index contributed by atoms with van der Waals surface area (Å²) in [7, 11) is -1.89. The van der Waals surface area contributed by atoms with Gasteiger partial charge in [0.1, 0.15) is 0 Å². The van der Waals surface area contributed by atoms with Gasteiger partial charge in [-0.05, 0) is 56.0 Å². The summed E-state index contributed by atoms with van der Waals surface area (Å²) < 4.78 is 33.7. The van der Waals surface area contributed by atoms with Crippen molar-refractivity contribution in [2.45, 2.75) is 44.6 Å². The Morgan fingerprint density at radius 2 is 1.84 bits per heavy atom. The van der Waals surface area contributed by atoms with Gasteiger partial charge in [-0.15, -0.1) is 0 Å². The van der Waals surface area contributed by atoms with Crippen LogP contribution in [-0.2, 0) is 21.4 Å². The molecule has 32 heavy (non-hydrogen) atoms. The van der Waals surface area contributed by atoms with Gasteiger partial charge in [-0.2, -0.15) is 4.31 Å².